The van der Waals surface area contributed by atoms with Crippen LogP contribution in [0, 0.1) is 0 Å². The Morgan fingerprint density at radius 3 is 2.76 bits per heavy atom. The minimum atomic E-state index is 0.477. The Labute approximate surface area is 131 Å². The molecule has 0 bridgehead atoms. The van der Waals surface area contributed by atoms with Gasteiger partial charge in [-0.15, -0.1) is 0 Å². The third-order valence-corrected chi connectivity index (χ3v) is 3.46. The van der Waals surface area contributed by atoms with Gasteiger partial charge in [-0.1, -0.05) is 28.1 Å². The number of nitrogens with one attached hydrogen (secondary N) is 1. The second-order valence-electron chi connectivity index (χ2n) is 4.53. The average Bonchev–Trinajstić information content (AvgIpc) is 2.48. The molecule has 0 saturated carbocycles. The molecule has 4 nitrogen and oxygen atoms in total. The van der Waals surface area contributed by atoms with E-state index in [0.29, 0.717) is 11.7 Å². The SMILES string of the molecule is CCNc1cncc(Oc2ccc3cc(Br)ccc3c2)n1. The Hall–Kier alpha value is -2.14. The first-order valence-electron chi connectivity index (χ1n) is 6.67. The molecule has 0 aliphatic heterocycles. The maximum atomic E-state index is 5.78. The van der Waals surface area contributed by atoms with Crippen molar-refractivity contribution in [2.24, 2.45) is 0 Å². The Kier molecular flexibility index (Phi) is 4.01. The molecule has 3 rings (SSSR count). The van der Waals surface area contributed by atoms with Gasteiger partial charge < -0.3 is 10.1 Å². The molecule has 106 valence electrons. The molecule has 1 N–H and O–H groups in total. The fourth-order valence-corrected chi connectivity index (χ4v) is 2.42. The molecule has 0 amide bonds. The molecule has 1 heterocycles. The summed E-state index contributed by atoms with van der Waals surface area (Å²) in [6.07, 6.45) is 3.28. The van der Waals surface area contributed by atoms with Crippen LogP contribution in [0.25, 0.3) is 10.8 Å². The van der Waals surface area contributed by atoms with Crippen molar-refractivity contribution in [3.8, 4) is 11.6 Å². The van der Waals surface area contributed by atoms with Gasteiger partial charge in [-0.05, 0) is 42.0 Å². The summed E-state index contributed by atoms with van der Waals surface area (Å²) in [5.74, 6) is 1.93. The quantitative estimate of drug-likeness (QED) is 0.750. The number of ether oxygens (including phenoxy) is 1. The van der Waals surface area contributed by atoms with E-state index < -0.39 is 0 Å². The molecule has 0 spiro atoms. The summed E-state index contributed by atoms with van der Waals surface area (Å²) >= 11 is 3.47. The molecular weight excluding hydrogens is 330 g/mol. The minimum Gasteiger partial charge on any atom is -0.437 e. The largest absolute Gasteiger partial charge is 0.437 e. The predicted molar refractivity (Wildman–Crippen MR) is 87.9 cm³/mol. The fraction of sp³-hybridized carbons (Fsp3) is 0.125. The van der Waals surface area contributed by atoms with Crippen molar-refractivity contribution in [3.05, 3.63) is 53.3 Å². The second-order valence-corrected chi connectivity index (χ2v) is 5.44. The van der Waals surface area contributed by atoms with Crippen molar-refractivity contribution < 1.29 is 4.74 Å². The molecule has 3 aromatic rings. The van der Waals surface area contributed by atoms with Gasteiger partial charge in [-0.25, -0.2) is 0 Å². The third-order valence-electron chi connectivity index (χ3n) is 2.97. The summed E-state index contributed by atoms with van der Waals surface area (Å²) in [6, 6.07) is 12.1. The summed E-state index contributed by atoms with van der Waals surface area (Å²) in [5, 5.41) is 5.38. The topological polar surface area (TPSA) is 47.0 Å². The van der Waals surface area contributed by atoms with Crippen LogP contribution in [0.5, 0.6) is 11.6 Å². The number of halogens is 1. The van der Waals surface area contributed by atoms with E-state index in [2.05, 4.69) is 37.3 Å². The maximum absolute atomic E-state index is 5.78. The Morgan fingerprint density at radius 2 is 1.90 bits per heavy atom. The minimum absolute atomic E-state index is 0.477. The zero-order chi connectivity index (χ0) is 14.7. The molecule has 5 heteroatoms. The summed E-state index contributed by atoms with van der Waals surface area (Å²) in [7, 11) is 0. The molecule has 0 saturated heterocycles. The lowest BCUT2D eigenvalue weighted by molar-refractivity contribution is 0.461. The zero-order valence-electron chi connectivity index (χ0n) is 11.5. The predicted octanol–water partition coefficient (Wildman–Crippen LogP) is 4.62. The van der Waals surface area contributed by atoms with Crippen LogP contribution in [0.2, 0.25) is 0 Å². The first-order valence-corrected chi connectivity index (χ1v) is 7.47. The number of rotatable bonds is 4. The molecule has 1 aromatic heterocycles. The van der Waals surface area contributed by atoms with Crippen molar-refractivity contribution in [1.82, 2.24) is 9.97 Å². The van der Waals surface area contributed by atoms with E-state index in [4.69, 9.17) is 4.74 Å². The van der Waals surface area contributed by atoms with Crippen molar-refractivity contribution in [2.45, 2.75) is 6.92 Å². The van der Waals surface area contributed by atoms with Gasteiger partial charge in [0.25, 0.3) is 0 Å². The molecule has 2 aromatic carbocycles. The van der Waals surface area contributed by atoms with Gasteiger partial charge in [0.05, 0.1) is 12.4 Å². The van der Waals surface area contributed by atoms with Crippen LogP contribution in [-0.4, -0.2) is 16.5 Å². The van der Waals surface area contributed by atoms with Crippen LogP contribution >= 0.6 is 15.9 Å². The Morgan fingerprint density at radius 1 is 1.10 bits per heavy atom. The number of aromatic nitrogens is 2. The smallest absolute Gasteiger partial charge is 0.239 e. The number of hydrogen-bond donors (Lipinski definition) is 1. The van der Waals surface area contributed by atoms with Gasteiger partial charge in [0.1, 0.15) is 11.6 Å². The first kappa shape index (κ1) is 13.8. The Bertz CT molecular complexity index is 776. The van der Waals surface area contributed by atoms with Gasteiger partial charge in [0.15, 0.2) is 0 Å². The molecule has 0 aliphatic carbocycles. The van der Waals surface area contributed by atoms with Gasteiger partial charge in [-0.3, -0.25) is 4.98 Å². The summed E-state index contributed by atoms with van der Waals surface area (Å²) < 4.78 is 6.84. The highest BCUT2D eigenvalue weighted by molar-refractivity contribution is 9.10. The molecular formula is C16H14BrN3O. The van der Waals surface area contributed by atoms with E-state index in [9.17, 15) is 0 Å². The number of benzene rings is 2. The zero-order valence-corrected chi connectivity index (χ0v) is 13.1. The van der Waals surface area contributed by atoms with Crippen molar-refractivity contribution in [2.75, 3.05) is 11.9 Å². The molecule has 0 aliphatic rings. The lowest BCUT2D eigenvalue weighted by Crippen LogP contribution is -2.00. The van der Waals surface area contributed by atoms with Crippen LogP contribution in [0.4, 0.5) is 5.82 Å². The van der Waals surface area contributed by atoms with Gasteiger partial charge >= 0.3 is 0 Å². The van der Waals surface area contributed by atoms with E-state index in [-0.39, 0.29) is 0 Å². The van der Waals surface area contributed by atoms with E-state index in [0.717, 1.165) is 27.5 Å². The summed E-state index contributed by atoms with van der Waals surface area (Å²) in [6.45, 7) is 2.81. The number of nitrogens with zero attached hydrogens (tertiary/aromatic N) is 2. The van der Waals surface area contributed by atoms with E-state index in [1.165, 1.54) is 0 Å². The molecule has 21 heavy (non-hydrogen) atoms. The maximum Gasteiger partial charge on any atom is 0.239 e. The Balaban J connectivity index is 1.87. The van der Waals surface area contributed by atoms with Crippen molar-refractivity contribution in [1.29, 1.82) is 0 Å². The highest BCUT2D eigenvalue weighted by Crippen LogP contribution is 2.26. The highest BCUT2D eigenvalue weighted by atomic mass is 79.9. The summed E-state index contributed by atoms with van der Waals surface area (Å²) in [4.78, 5) is 8.47. The standard InChI is InChI=1S/C16H14BrN3O/c1-2-19-15-9-18-10-16(20-15)21-14-6-4-11-7-13(17)5-3-12(11)8-14/h3-10H,2H2,1H3,(H,19,20). The van der Waals surface area contributed by atoms with Gasteiger partial charge in [-0.2, -0.15) is 4.98 Å². The van der Waals surface area contributed by atoms with E-state index in [1.54, 1.807) is 12.4 Å². The van der Waals surface area contributed by atoms with Gasteiger partial charge in [0.2, 0.25) is 5.88 Å². The lowest BCUT2D eigenvalue weighted by atomic mass is 10.1. The lowest BCUT2D eigenvalue weighted by Gasteiger charge is -2.08. The molecule has 0 radical (unpaired) electrons. The van der Waals surface area contributed by atoms with E-state index in [1.807, 2.05) is 37.3 Å². The van der Waals surface area contributed by atoms with Crippen molar-refractivity contribution in [3.63, 3.8) is 0 Å². The average molecular weight is 344 g/mol. The number of hydrogen-bond acceptors (Lipinski definition) is 4. The first-order chi connectivity index (χ1) is 10.2. The number of anilines is 1. The normalized spacial score (nSPS) is 10.6. The molecule has 0 atom stereocenters. The van der Waals surface area contributed by atoms with Crippen LogP contribution in [0.1, 0.15) is 6.92 Å². The van der Waals surface area contributed by atoms with E-state index >= 15 is 0 Å². The highest BCUT2D eigenvalue weighted by Gasteiger charge is 2.03. The van der Waals surface area contributed by atoms with Crippen LogP contribution in [0.3, 0.4) is 0 Å². The summed E-state index contributed by atoms with van der Waals surface area (Å²) in [5.41, 5.74) is 0. The molecule has 0 unspecified atom stereocenters. The third kappa shape index (κ3) is 3.31. The van der Waals surface area contributed by atoms with Crippen LogP contribution < -0.4 is 10.1 Å². The molecule has 0 fully saturated rings. The number of fused-ring (bicyclic) bond motifs is 1. The second kappa shape index (κ2) is 6.10. The van der Waals surface area contributed by atoms with Gasteiger partial charge in [0, 0.05) is 11.0 Å². The fourth-order valence-electron chi connectivity index (χ4n) is 2.04. The monoisotopic (exact) mass is 343 g/mol. The van der Waals surface area contributed by atoms with Crippen LogP contribution in [-0.2, 0) is 0 Å². The van der Waals surface area contributed by atoms with Crippen molar-refractivity contribution >= 4 is 32.5 Å². The van der Waals surface area contributed by atoms with Crippen LogP contribution in [0.15, 0.2) is 53.3 Å².